The molecule has 0 aliphatic rings. The summed E-state index contributed by atoms with van der Waals surface area (Å²) >= 11 is 0. The van der Waals surface area contributed by atoms with Crippen molar-refractivity contribution >= 4 is 5.91 Å². The molecule has 0 fully saturated rings. The van der Waals surface area contributed by atoms with Crippen LogP contribution in [0.3, 0.4) is 0 Å². The van der Waals surface area contributed by atoms with Gasteiger partial charge in [-0.2, -0.15) is 0 Å². The van der Waals surface area contributed by atoms with E-state index in [2.05, 4.69) is 5.32 Å². The van der Waals surface area contributed by atoms with Crippen molar-refractivity contribution in [2.24, 2.45) is 0 Å². The van der Waals surface area contributed by atoms with Gasteiger partial charge in [0.2, 0.25) is 5.91 Å². The second kappa shape index (κ2) is 25.3. The molecule has 0 rings (SSSR count). The molecule has 0 aromatic rings. The maximum Gasteiger partial charge on any atom is 0.220 e. The van der Waals surface area contributed by atoms with Gasteiger partial charge in [-0.1, -0.05) is 25.7 Å². The Balaban J connectivity index is 3.12. The molecule has 0 aromatic carbocycles. The minimum absolute atomic E-state index is 0.104. The van der Waals surface area contributed by atoms with Crippen molar-refractivity contribution in [3.8, 4) is 0 Å². The van der Waals surface area contributed by atoms with Crippen molar-refractivity contribution in [1.82, 2.24) is 5.32 Å². The first-order valence-corrected chi connectivity index (χ1v) is 10.9. The highest BCUT2D eigenvalue weighted by molar-refractivity contribution is 5.75. The first-order chi connectivity index (χ1) is 14.3. The number of unbranched alkanes of at least 4 members (excludes halogenated alkanes) is 5. The van der Waals surface area contributed by atoms with Crippen LogP contribution >= 0.6 is 0 Å². The Kier molecular flexibility index (Phi) is 24.6. The van der Waals surface area contributed by atoms with Crippen LogP contribution in [0.25, 0.3) is 0 Å². The number of amides is 1. The largest absolute Gasteiger partial charge is 0.385 e. The predicted molar refractivity (Wildman–Crippen MR) is 112 cm³/mol. The van der Waals surface area contributed by atoms with Crippen molar-refractivity contribution in [1.29, 1.82) is 0 Å². The summed E-state index contributed by atoms with van der Waals surface area (Å²) in [5, 5.41) is 2.88. The average molecular weight is 422 g/mol. The van der Waals surface area contributed by atoms with Crippen LogP contribution in [0.1, 0.15) is 44.9 Å². The molecule has 0 aliphatic heterocycles. The zero-order chi connectivity index (χ0) is 21.3. The van der Waals surface area contributed by atoms with Crippen molar-refractivity contribution < 1.29 is 33.2 Å². The third-order valence-corrected chi connectivity index (χ3v) is 4.12. The molecule has 174 valence electrons. The topological polar surface area (TPSA) is 84.5 Å². The van der Waals surface area contributed by atoms with Crippen LogP contribution < -0.4 is 5.32 Å². The quantitative estimate of drug-likeness (QED) is 0.239. The molecule has 1 amide bonds. The zero-order valence-corrected chi connectivity index (χ0v) is 18.6. The number of nitrogens with one attached hydrogen (secondary N) is 1. The fourth-order valence-corrected chi connectivity index (χ4v) is 2.49. The zero-order valence-electron chi connectivity index (χ0n) is 18.6. The summed E-state index contributed by atoms with van der Waals surface area (Å²) in [6.07, 6.45) is 7.40. The highest BCUT2D eigenvalue weighted by Crippen LogP contribution is 2.07. The van der Waals surface area contributed by atoms with Crippen molar-refractivity contribution in [2.75, 3.05) is 86.8 Å². The van der Waals surface area contributed by atoms with E-state index in [0.717, 1.165) is 25.9 Å². The molecule has 29 heavy (non-hydrogen) atoms. The van der Waals surface area contributed by atoms with Gasteiger partial charge in [0.25, 0.3) is 0 Å². The van der Waals surface area contributed by atoms with E-state index in [0.29, 0.717) is 72.4 Å². The lowest BCUT2D eigenvalue weighted by atomic mass is 10.1. The molecule has 0 spiro atoms. The van der Waals surface area contributed by atoms with Gasteiger partial charge >= 0.3 is 0 Å². The fourth-order valence-electron chi connectivity index (χ4n) is 2.49. The van der Waals surface area contributed by atoms with E-state index >= 15 is 0 Å². The molecular weight excluding hydrogens is 378 g/mol. The normalized spacial score (nSPS) is 11.1. The minimum atomic E-state index is 0.104. The second-order valence-electron chi connectivity index (χ2n) is 6.66. The summed E-state index contributed by atoms with van der Waals surface area (Å²) in [5.41, 5.74) is 0. The number of carbonyl (C=O) groups excluding carboxylic acids is 1. The maximum absolute atomic E-state index is 11.7. The molecule has 0 atom stereocenters. The number of methoxy groups -OCH3 is 2. The van der Waals surface area contributed by atoms with Crippen LogP contribution in [0.5, 0.6) is 0 Å². The summed E-state index contributed by atoms with van der Waals surface area (Å²) in [6, 6.07) is 0. The van der Waals surface area contributed by atoms with E-state index < -0.39 is 0 Å². The Hall–Kier alpha value is -0.770. The third kappa shape index (κ3) is 25.2. The lowest BCUT2D eigenvalue weighted by molar-refractivity contribution is -0.121. The molecule has 0 saturated carbocycles. The van der Waals surface area contributed by atoms with Gasteiger partial charge in [0, 0.05) is 33.8 Å². The van der Waals surface area contributed by atoms with Gasteiger partial charge in [0.1, 0.15) is 0 Å². The van der Waals surface area contributed by atoms with E-state index in [1.807, 2.05) is 0 Å². The molecule has 0 unspecified atom stereocenters. The molecule has 0 aliphatic carbocycles. The Labute approximate surface area is 176 Å². The molecule has 0 bridgehead atoms. The van der Waals surface area contributed by atoms with Gasteiger partial charge in [0.05, 0.1) is 59.5 Å². The fraction of sp³-hybridized carbons (Fsp3) is 0.952. The molecule has 8 nitrogen and oxygen atoms in total. The Bertz CT molecular complexity index is 332. The Morgan fingerprint density at radius 3 is 1.55 bits per heavy atom. The first-order valence-electron chi connectivity index (χ1n) is 10.9. The standard InChI is InChI=1S/C21H43NO7/c1-24-11-8-6-4-3-5-7-9-21(23)22-10-12-26-15-16-28-19-20-29-18-17-27-14-13-25-2/h3-20H2,1-2H3,(H,22,23). The monoisotopic (exact) mass is 421 g/mol. The SMILES string of the molecule is COCCCCCCCCC(=O)NCCOCCOCCOCCOCCOC. The van der Waals surface area contributed by atoms with Crippen LogP contribution in [0.15, 0.2) is 0 Å². The van der Waals surface area contributed by atoms with Crippen molar-refractivity contribution in [3.05, 3.63) is 0 Å². The molecule has 0 heterocycles. The van der Waals surface area contributed by atoms with Crippen LogP contribution in [0, 0.1) is 0 Å². The highest BCUT2D eigenvalue weighted by atomic mass is 16.6. The summed E-state index contributed by atoms with van der Waals surface area (Å²) in [7, 11) is 3.38. The summed E-state index contributed by atoms with van der Waals surface area (Å²) in [6.45, 7) is 6.30. The first kappa shape index (κ1) is 28.2. The molecule has 8 heteroatoms. The highest BCUT2D eigenvalue weighted by Gasteiger charge is 2.00. The summed E-state index contributed by atoms with van der Waals surface area (Å²) < 4.78 is 31.4. The number of hydrogen-bond acceptors (Lipinski definition) is 7. The number of rotatable bonds is 24. The van der Waals surface area contributed by atoms with E-state index in [9.17, 15) is 4.79 Å². The smallest absolute Gasteiger partial charge is 0.220 e. The molecular formula is C21H43NO7. The predicted octanol–water partition coefficient (Wildman–Crippen LogP) is 2.19. The van der Waals surface area contributed by atoms with Crippen LogP contribution in [0.4, 0.5) is 0 Å². The van der Waals surface area contributed by atoms with E-state index in [1.165, 1.54) is 19.3 Å². The summed E-state index contributed by atoms with van der Waals surface area (Å²) in [5.74, 6) is 0.104. The van der Waals surface area contributed by atoms with Crippen molar-refractivity contribution in [3.63, 3.8) is 0 Å². The number of hydrogen-bond donors (Lipinski definition) is 1. The minimum Gasteiger partial charge on any atom is -0.385 e. The Morgan fingerprint density at radius 2 is 1.00 bits per heavy atom. The van der Waals surface area contributed by atoms with Gasteiger partial charge in [-0.05, 0) is 12.8 Å². The number of carbonyl (C=O) groups is 1. The lowest BCUT2D eigenvalue weighted by Crippen LogP contribution is -2.27. The Morgan fingerprint density at radius 1 is 0.552 bits per heavy atom. The van der Waals surface area contributed by atoms with E-state index in [-0.39, 0.29) is 5.91 Å². The average Bonchev–Trinajstić information content (AvgIpc) is 2.72. The summed E-state index contributed by atoms with van der Waals surface area (Å²) in [4.78, 5) is 11.7. The molecule has 0 saturated heterocycles. The van der Waals surface area contributed by atoms with Crippen molar-refractivity contribution in [2.45, 2.75) is 44.9 Å². The number of ether oxygens (including phenoxy) is 6. The third-order valence-electron chi connectivity index (χ3n) is 4.12. The molecule has 0 radical (unpaired) electrons. The van der Waals surface area contributed by atoms with Crippen LogP contribution in [-0.2, 0) is 33.2 Å². The van der Waals surface area contributed by atoms with Gasteiger partial charge < -0.3 is 33.7 Å². The van der Waals surface area contributed by atoms with Crippen LogP contribution in [-0.4, -0.2) is 92.7 Å². The maximum atomic E-state index is 11.7. The molecule has 0 aromatic heterocycles. The molecule has 1 N–H and O–H groups in total. The van der Waals surface area contributed by atoms with Gasteiger partial charge in [-0.15, -0.1) is 0 Å². The van der Waals surface area contributed by atoms with E-state index in [4.69, 9.17) is 28.4 Å². The van der Waals surface area contributed by atoms with E-state index in [1.54, 1.807) is 14.2 Å². The van der Waals surface area contributed by atoms with Gasteiger partial charge in [-0.3, -0.25) is 4.79 Å². The lowest BCUT2D eigenvalue weighted by Gasteiger charge is -2.08. The second-order valence-corrected chi connectivity index (χ2v) is 6.66. The van der Waals surface area contributed by atoms with Gasteiger partial charge in [-0.25, -0.2) is 0 Å². The van der Waals surface area contributed by atoms with Crippen LogP contribution in [0.2, 0.25) is 0 Å². The van der Waals surface area contributed by atoms with Gasteiger partial charge in [0.15, 0.2) is 0 Å².